The molecule has 2 aliphatic rings. The molecule has 2 heterocycles. The fourth-order valence-corrected chi connectivity index (χ4v) is 5.25. The van der Waals surface area contributed by atoms with Crippen molar-refractivity contribution in [1.29, 1.82) is 0 Å². The molecule has 0 aliphatic carbocycles. The quantitative estimate of drug-likeness (QED) is 0.651. The van der Waals surface area contributed by atoms with Gasteiger partial charge in [-0.2, -0.15) is 0 Å². The van der Waals surface area contributed by atoms with Gasteiger partial charge in [0.25, 0.3) is 0 Å². The molecule has 0 radical (unpaired) electrons. The van der Waals surface area contributed by atoms with Crippen LogP contribution in [0, 0.1) is 0 Å². The van der Waals surface area contributed by atoms with Gasteiger partial charge in [-0.1, -0.05) is 19.4 Å². The zero-order chi connectivity index (χ0) is 15.7. The van der Waals surface area contributed by atoms with Gasteiger partial charge in [0.1, 0.15) is 5.75 Å². The van der Waals surface area contributed by atoms with Crippen molar-refractivity contribution in [2.45, 2.75) is 31.8 Å². The number of nitrogens with one attached hydrogen (secondary N) is 1. The predicted molar refractivity (Wildman–Crippen MR) is 91.3 cm³/mol. The number of sulfone groups is 1. The Morgan fingerprint density at radius 2 is 2.23 bits per heavy atom. The molecule has 0 unspecified atom stereocenters. The van der Waals surface area contributed by atoms with E-state index in [0.717, 1.165) is 24.3 Å². The van der Waals surface area contributed by atoms with Crippen LogP contribution < -0.4 is 15.0 Å². The topological polar surface area (TPSA) is 58.6 Å². The zero-order valence-electron chi connectivity index (χ0n) is 12.5. The Balaban J connectivity index is 1.81. The van der Waals surface area contributed by atoms with E-state index >= 15 is 0 Å². The number of rotatable bonds is 5. The first-order valence-corrected chi connectivity index (χ1v) is 9.76. The van der Waals surface area contributed by atoms with E-state index in [-0.39, 0.29) is 23.6 Å². The summed E-state index contributed by atoms with van der Waals surface area (Å²) >= 11 is 5.38. The number of ether oxygens (including phenoxy) is 1. The molecular weight excluding hydrogens is 320 g/mol. The summed E-state index contributed by atoms with van der Waals surface area (Å²) in [5.74, 6) is 1.09. The normalized spacial score (nSPS) is 25.9. The Morgan fingerprint density at radius 1 is 1.41 bits per heavy atom. The SMILES string of the molecule is CCCCOc1cccc(N2C(=S)N[C@H]3CS(=O)(=O)C[C@@H]32)c1. The van der Waals surface area contributed by atoms with Crippen molar-refractivity contribution >= 4 is 32.9 Å². The molecule has 22 heavy (non-hydrogen) atoms. The lowest BCUT2D eigenvalue weighted by Crippen LogP contribution is -2.36. The number of hydrogen-bond acceptors (Lipinski definition) is 4. The average molecular weight is 340 g/mol. The second-order valence-electron chi connectivity index (χ2n) is 5.77. The lowest BCUT2D eigenvalue weighted by molar-refractivity contribution is 0.309. The third-order valence-electron chi connectivity index (χ3n) is 4.04. The Bertz CT molecular complexity index is 675. The van der Waals surface area contributed by atoms with Gasteiger partial charge in [0.15, 0.2) is 14.9 Å². The van der Waals surface area contributed by atoms with Gasteiger partial charge in [-0.05, 0) is 30.8 Å². The minimum Gasteiger partial charge on any atom is -0.494 e. The first-order chi connectivity index (χ1) is 10.5. The van der Waals surface area contributed by atoms with E-state index in [1.54, 1.807) is 0 Å². The molecular formula is C15H20N2O3S2. The summed E-state index contributed by atoms with van der Waals surface area (Å²) in [6, 6.07) is 7.46. The average Bonchev–Trinajstić information content (AvgIpc) is 2.89. The maximum absolute atomic E-state index is 11.8. The van der Waals surface area contributed by atoms with E-state index in [4.69, 9.17) is 17.0 Å². The van der Waals surface area contributed by atoms with Crippen LogP contribution >= 0.6 is 12.2 Å². The van der Waals surface area contributed by atoms with Gasteiger partial charge >= 0.3 is 0 Å². The highest BCUT2D eigenvalue weighted by Gasteiger charge is 2.47. The van der Waals surface area contributed by atoms with Crippen LogP contribution in [-0.2, 0) is 9.84 Å². The van der Waals surface area contributed by atoms with Gasteiger partial charge in [-0.3, -0.25) is 0 Å². The van der Waals surface area contributed by atoms with Gasteiger partial charge in [0.05, 0.1) is 30.2 Å². The van der Waals surface area contributed by atoms with Crippen molar-refractivity contribution in [1.82, 2.24) is 5.32 Å². The molecule has 0 spiro atoms. The molecule has 7 heteroatoms. The van der Waals surface area contributed by atoms with E-state index in [9.17, 15) is 8.42 Å². The highest BCUT2D eigenvalue weighted by molar-refractivity contribution is 7.91. The summed E-state index contributed by atoms with van der Waals surface area (Å²) in [5, 5.41) is 3.72. The largest absolute Gasteiger partial charge is 0.494 e. The van der Waals surface area contributed by atoms with Crippen molar-refractivity contribution in [3.8, 4) is 5.75 Å². The van der Waals surface area contributed by atoms with Crippen LogP contribution in [0.2, 0.25) is 0 Å². The number of thiocarbonyl (C=S) groups is 1. The number of benzene rings is 1. The summed E-state index contributed by atoms with van der Waals surface area (Å²) < 4.78 is 29.4. The maximum Gasteiger partial charge on any atom is 0.174 e. The maximum atomic E-state index is 11.8. The molecule has 120 valence electrons. The highest BCUT2D eigenvalue weighted by atomic mass is 32.2. The fourth-order valence-electron chi connectivity index (χ4n) is 2.97. The van der Waals surface area contributed by atoms with Crippen molar-refractivity contribution in [3.63, 3.8) is 0 Å². The van der Waals surface area contributed by atoms with Gasteiger partial charge in [0, 0.05) is 11.8 Å². The molecule has 1 aromatic carbocycles. The number of anilines is 1. The molecule has 0 bridgehead atoms. The van der Waals surface area contributed by atoms with Crippen molar-refractivity contribution in [2.24, 2.45) is 0 Å². The summed E-state index contributed by atoms with van der Waals surface area (Å²) in [5.41, 5.74) is 0.885. The number of hydrogen-bond donors (Lipinski definition) is 1. The Kier molecular flexibility index (Phi) is 4.27. The molecule has 1 N–H and O–H groups in total. The molecule has 2 atom stereocenters. The summed E-state index contributed by atoms with van der Waals surface area (Å²) in [7, 11) is -2.99. The van der Waals surface area contributed by atoms with Crippen molar-refractivity contribution in [3.05, 3.63) is 24.3 Å². The molecule has 2 saturated heterocycles. The van der Waals surface area contributed by atoms with Crippen LogP contribution in [0.25, 0.3) is 0 Å². The van der Waals surface area contributed by atoms with Crippen molar-refractivity contribution in [2.75, 3.05) is 23.0 Å². The second-order valence-corrected chi connectivity index (χ2v) is 8.31. The summed E-state index contributed by atoms with van der Waals surface area (Å²) in [6.07, 6.45) is 2.10. The summed E-state index contributed by atoms with van der Waals surface area (Å²) in [6.45, 7) is 2.80. The lowest BCUT2D eigenvalue weighted by Gasteiger charge is -2.23. The van der Waals surface area contributed by atoms with E-state index in [1.165, 1.54) is 0 Å². The van der Waals surface area contributed by atoms with Gasteiger partial charge in [-0.25, -0.2) is 8.42 Å². The molecule has 2 fully saturated rings. The zero-order valence-corrected chi connectivity index (χ0v) is 14.1. The molecule has 0 amide bonds. The molecule has 3 rings (SSSR count). The molecule has 1 aromatic rings. The summed E-state index contributed by atoms with van der Waals surface area (Å²) in [4.78, 5) is 1.91. The second kappa shape index (κ2) is 6.04. The van der Waals surface area contributed by atoms with E-state index in [1.807, 2.05) is 29.2 Å². The monoisotopic (exact) mass is 340 g/mol. The van der Waals surface area contributed by atoms with Crippen LogP contribution in [0.3, 0.4) is 0 Å². The molecule has 5 nitrogen and oxygen atoms in total. The van der Waals surface area contributed by atoms with E-state index in [2.05, 4.69) is 12.2 Å². The Labute approximate surface area is 136 Å². The van der Waals surface area contributed by atoms with Crippen LogP contribution in [0.15, 0.2) is 24.3 Å². The van der Waals surface area contributed by atoms with Crippen LogP contribution in [-0.4, -0.2) is 43.7 Å². The first kappa shape index (κ1) is 15.6. The van der Waals surface area contributed by atoms with Crippen LogP contribution in [0.5, 0.6) is 5.75 Å². The van der Waals surface area contributed by atoms with E-state index in [0.29, 0.717) is 11.7 Å². The third-order valence-corrected chi connectivity index (χ3v) is 6.08. The Morgan fingerprint density at radius 3 is 3.00 bits per heavy atom. The molecule has 0 aromatic heterocycles. The molecule has 2 aliphatic heterocycles. The van der Waals surface area contributed by atoms with Gasteiger partial charge in [0.2, 0.25) is 0 Å². The van der Waals surface area contributed by atoms with Crippen LogP contribution in [0.4, 0.5) is 5.69 Å². The number of fused-ring (bicyclic) bond motifs is 1. The predicted octanol–water partition coefficient (Wildman–Crippen LogP) is 1.73. The standard InChI is InChI=1S/C15H20N2O3S2/c1-2-3-7-20-12-6-4-5-11(8-12)17-14-10-22(18,19)9-13(14)16-15(17)21/h4-6,8,13-14H,2-3,7,9-10H2,1H3,(H,16,21)/t13-,14-/m0/s1. The van der Waals surface area contributed by atoms with Crippen LogP contribution in [0.1, 0.15) is 19.8 Å². The van der Waals surface area contributed by atoms with Crippen molar-refractivity contribution < 1.29 is 13.2 Å². The molecule has 0 saturated carbocycles. The fraction of sp³-hybridized carbons (Fsp3) is 0.533. The van der Waals surface area contributed by atoms with E-state index < -0.39 is 9.84 Å². The van der Waals surface area contributed by atoms with Gasteiger partial charge in [-0.15, -0.1) is 0 Å². The Hall–Kier alpha value is -1.34. The third kappa shape index (κ3) is 3.05. The number of nitrogens with zero attached hydrogens (tertiary/aromatic N) is 1. The highest BCUT2D eigenvalue weighted by Crippen LogP contribution is 2.31. The minimum absolute atomic E-state index is 0.109. The minimum atomic E-state index is -2.99. The number of unbranched alkanes of at least 4 members (excludes halogenated alkanes) is 1. The first-order valence-electron chi connectivity index (χ1n) is 7.53. The lowest BCUT2D eigenvalue weighted by atomic mass is 10.1. The van der Waals surface area contributed by atoms with Gasteiger partial charge < -0.3 is 15.0 Å². The smallest absolute Gasteiger partial charge is 0.174 e.